The molecule has 3 nitrogen and oxygen atoms in total. The summed E-state index contributed by atoms with van der Waals surface area (Å²) < 4.78 is 0. The summed E-state index contributed by atoms with van der Waals surface area (Å²) in [5.41, 5.74) is 0.729. The van der Waals surface area contributed by atoms with E-state index in [2.05, 4.69) is 21.7 Å². The first-order valence-corrected chi connectivity index (χ1v) is 8.50. The molecular formula is C19H20N2OS. The van der Waals surface area contributed by atoms with Crippen LogP contribution < -0.4 is 5.32 Å². The van der Waals surface area contributed by atoms with Crippen LogP contribution in [0.4, 0.5) is 0 Å². The Balaban J connectivity index is 1.78. The highest BCUT2D eigenvalue weighted by molar-refractivity contribution is 7.10. The van der Waals surface area contributed by atoms with Gasteiger partial charge in [-0.25, -0.2) is 0 Å². The van der Waals surface area contributed by atoms with Crippen molar-refractivity contribution in [3.63, 3.8) is 0 Å². The fraction of sp³-hybridized carbons (Fsp3) is 0.211. The molecule has 1 aromatic heterocycles. The van der Waals surface area contributed by atoms with Crippen LogP contribution in [0.1, 0.15) is 21.3 Å². The van der Waals surface area contributed by atoms with Crippen molar-refractivity contribution in [1.29, 1.82) is 0 Å². The van der Waals surface area contributed by atoms with Gasteiger partial charge in [-0.3, -0.25) is 4.79 Å². The molecule has 0 saturated heterocycles. The number of nitrogens with one attached hydrogen (secondary N) is 1. The van der Waals surface area contributed by atoms with Crippen LogP contribution in [0.15, 0.2) is 60.0 Å². The molecule has 1 unspecified atom stereocenters. The van der Waals surface area contributed by atoms with Crippen molar-refractivity contribution in [2.24, 2.45) is 0 Å². The predicted molar refractivity (Wildman–Crippen MR) is 97.0 cm³/mol. The van der Waals surface area contributed by atoms with E-state index in [1.807, 2.05) is 62.6 Å². The summed E-state index contributed by atoms with van der Waals surface area (Å²) in [5, 5.41) is 7.23. The number of amides is 1. The van der Waals surface area contributed by atoms with Gasteiger partial charge in [-0.15, -0.1) is 11.3 Å². The van der Waals surface area contributed by atoms with Gasteiger partial charge in [0, 0.05) is 17.0 Å². The first-order chi connectivity index (χ1) is 11.2. The molecule has 23 heavy (non-hydrogen) atoms. The fourth-order valence-electron chi connectivity index (χ4n) is 2.73. The number of hydrogen-bond acceptors (Lipinski definition) is 3. The molecule has 1 heterocycles. The minimum atomic E-state index is -0.0230. The Bertz CT molecular complexity index is 791. The van der Waals surface area contributed by atoms with Crippen LogP contribution in [0, 0.1) is 0 Å². The summed E-state index contributed by atoms with van der Waals surface area (Å²) in [6.07, 6.45) is 0. The molecule has 0 bridgehead atoms. The third-order valence-corrected chi connectivity index (χ3v) is 4.96. The first kappa shape index (κ1) is 15.7. The number of benzene rings is 2. The van der Waals surface area contributed by atoms with Crippen LogP contribution in [0.2, 0.25) is 0 Å². The Hall–Kier alpha value is -2.17. The largest absolute Gasteiger partial charge is 0.350 e. The van der Waals surface area contributed by atoms with E-state index in [-0.39, 0.29) is 11.9 Å². The number of nitrogens with zero attached hydrogens (tertiary/aromatic N) is 1. The Labute approximate surface area is 140 Å². The zero-order valence-electron chi connectivity index (χ0n) is 13.3. The maximum Gasteiger partial charge on any atom is 0.251 e. The molecule has 0 saturated carbocycles. The van der Waals surface area contributed by atoms with Crippen molar-refractivity contribution in [2.75, 3.05) is 20.6 Å². The second-order valence-corrected chi connectivity index (χ2v) is 6.71. The molecule has 0 aliphatic carbocycles. The van der Waals surface area contributed by atoms with Gasteiger partial charge in [0.25, 0.3) is 5.91 Å². The van der Waals surface area contributed by atoms with Crippen LogP contribution in [0.25, 0.3) is 10.8 Å². The third-order valence-electron chi connectivity index (χ3n) is 3.99. The lowest BCUT2D eigenvalue weighted by Crippen LogP contribution is -2.34. The number of carbonyl (C=O) groups excluding carboxylic acids is 1. The fourth-order valence-corrected chi connectivity index (χ4v) is 3.65. The molecule has 2 aromatic carbocycles. The molecule has 4 heteroatoms. The monoisotopic (exact) mass is 324 g/mol. The summed E-state index contributed by atoms with van der Waals surface area (Å²) in [5.74, 6) is -0.0230. The highest BCUT2D eigenvalue weighted by Crippen LogP contribution is 2.23. The number of hydrogen-bond donors (Lipinski definition) is 1. The smallest absolute Gasteiger partial charge is 0.251 e. The van der Waals surface area contributed by atoms with Crippen molar-refractivity contribution in [3.8, 4) is 0 Å². The molecule has 118 valence electrons. The van der Waals surface area contributed by atoms with E-state index in [0.29, 0.717) is 6.54 Å². The van der Waals surface area contributed by atoms with Gasteiger partial charge in [-0.2, -0.15) is 0 Å². The summed E-state index contributed by atoms with van der Waals surface area (Å²) >= 11 is 1.72. The molecule has 0 aliphatic rings. The predicted octanol–water partition coefficient (Wildman–Crippen LogP) is 3.93. The third kappa shape index (κ3) is 3.44. The van der Waals surface area contributed by atoms with E-state index >= 15 is 0 Å². The van der Waals surface area contributed by atoms with Crippen molar-refractivity contribution in [1.82, 2.24) is 10.2 Å². The number of rotatable bonds is 5. The summed E-state index contributed by atoms with van der Waals surface area (Å²) in [6, 6.07) is 18.2. The summed E-state index contributed by atoms with van der Waals surface area (Å²) in [6.45, 7) is 0.593. The normalized spacial score (nSPS) is 12.5. The second-order valence-electron chi connectivity index (χ2n) is 5.73. The van der Waals surface area contributed by atoms with E-state index in [1.54, 1.807) is 11.3 Å². The van der Waals surface area contributed by atoms with Crippen molar-refractivity contribution in [2.45, 2.75) is 6.04 Å². The molecule has 3 rings (SSSR count). The minimum absolute atomic E-state index is 0.0230. The van der Waals surface area contributed by atoms with E-state index in [0.717, 1.165) is 16.3 Å². The van der Waals surface area contributed by atoms with Gasteiger partial charge in [0.15, 0.2) is 0 Å². The lowest BCUT2D eigenvalue weighted by molar-refractivity contribution is 0.0944. The standard InChI is InChI=1S/C19H20N2OS/c1-21(2)17(18-11-6-12-23-18)13-20-19(22)16-10-5-8-14-7-3-4-9-15(14)16/h3-12,17H,13H2,1-2H3,(H,20,22). The van der Waals surface area contributed by atoms with Gasteiger partial charge in [0.2, 0.25) is 0 Å². The van der Waals surface area contributed by atoms with Gasteiger partial charge in [0.1, 0.15) is 0 Å². The maximum absolute atomic E-state index is 12.6. The maximum atomic E-state index is 12.6. The first-order valence-electron chi connectivity index (χ1n) is 7.62. The Morgan fingerprint density at radius 3 is 2.61 bits per heavy atom. The number of likely N-dealkylation sites (N-methyl/N-ethyl adjacent to an activating group) is 1. The van der Waals surface area contributed by atoms with E-state index in [1.165, 1.54) is 4.88 Å². The van der Waals surface area contributed by atoms with Crippen LogP contribution in [0.3, 0.4) is 0 Å². The average molecular weight is 324 g/mol. The van der Waals surface area contributed by atoms with E-state index < -0.39 is 0 Å². The Morgan fingerprint density at radius 1 is 1.09 bits per heavy atom. The van der Waals surface area contributed by atoms with Crippen LogP contribution in [0.5, 0.6) is 0 Å². The number of carbonyl (C=O) groups is 1. The van der Waals surface area contributed by atoms with Crippen LogP contribution in [-0.4, -0.2) is 31.4 Å². The lowest BCUT2D eigenvalue weighted by Gasteiger charge is -2.23. The van der Waals surface area contributed by atoms with Crippen molar-refractivity contribution < 1.29 is 4.79 Å². The summed E-state index contributed by atoms with van der Waals surface area (Å²) in [4.78, 5) is 16.0. The molecule has 1 atom stereocenters. The molecule has 1 amide bonds. The number of fused-ring (bicyclic) bond motifs is 1. The Kier molecular flexibility index (Phi) is 4.74. The van der Waals surface area contributed by atoms with Crippen LogP contribution >= 0.6 is 11.3 Å². The van der Waals surface area contributed by atoms with E-state index in [9.17, 15) is 4.79 Å². The molecular weight excluding hydrogens is 304 g/mol. The highest BCUT2D eigenvalue weighted by Gasteiger charge is 2.17. The Morgan fingerprint density at radius 2 is 1.87 bits per heavy atom. The van der Waals surface area contributed by atoms with Gasteiger partial charge in [-0.05, 0) is 42.4 Å². The van der Waals surface area contributed by atoms with E-state index in [4.69, 9.17) is 0 Å². The van der Waals surface area contributed by atoms with Crippen LogP contribution in [-0.2, 0) is 0 Å². The minimum Gasteiger partial charge on any atom is -0.350 e. The van der Waals surface area contributed by atoms with Crippen molar-refractivity contribution in [3.05, 3.63) is 70.4 Å². The SMILES string of the molecule is CN(C)C(CNC(=O)c1cccc2ccccc12)c1cccs1. The highest BCUT2D eigenvalue weighted by atomic mass is 32.1. The lowest BCUT2D eigenvalue weighted by atomic mass is 10.0. The topological polar surface area (TPSA) is 32.3 Å². The zero-order valence-corrected chi connectivity index (χ0v) is 14.1. The molecule has 1 N–H and O–H groups in total. The summed E-state index contributed by atoms with van der Waals surface area (Å²) in [7, 11) is 4.07. The van der Waals surface area contributed by atoms with Gasteiger partial charge in [-0.1, -0.05) is 42.5 Å². The second kappa shape index (κ2) is 6.94. The van der Waals surface area contributed by atoms with Gasteiger partial charge >= 0.3 is 0 Å². The number of thiophene rings is 1. The molecule has 0 fully saturated rings. The quantitative estimate of drug-likeness (QED) is 0.771. The molecule has 0 aliphatic heterocycles. The molecule has 0 spiro atoms. The van der Waals surface area contributed by atoms with Gasteiger partial charge in [0.05, 0.1) is 6.04 Å². The molecule has 0 radical (unpaired) electrons. The van der Waals surface area contributed by atoms with Crippen molar-refractivity contribution >= 4 is 28.0 Å². The molecule has 3 aromatic rings. The average Bonchev–Trinajstić information content (AvgIpc) is 3.08. The van der Waals surface area contributed by atoms with Gasteiger partial charge < -0.3 is 10.2 Å². The zero-order chi connectivity index (χ0) is 16.2.